The Kier molecular flexibility index (Phi) is 3.45. The van der Waals surface area contributed by atoms with E-state index in [4.69, 9.17) is 5.11 Å². The number of carbonyl (C=O) groups is 1. The number of aryl methyl sites for hydroxylation is 1. The van der Waals surface area contributed by atoms with Crippen LogP contribution in [0.4, 0.5) is 0 Å². The summed E-state index contributed by atoms with van der Waals surface area (Å²) >= 11 is 0. The van der Waals surface area contributed by atoms with Gasteiger partial charge in [0.05, 0.1) is 5.41 Å². The summed E-state index contributed by atoms with van der Waals surface area (Å²) in [4.78, 5) is 15.4. The summed E-state index contributed by atoms with van der Waals surface area (Å²) in [7, 11) is 0. The molecule has 1 atom stereocenters. The molecule has 0 saturated carbocycles. The average molecular weight is 207 g/mol. The first kappa shape index (κ1) is 11.7. The molecule has 0 fully saturated rings. The van der Waals surface area contributed by atoms with Crippen LogP contribution >= 0.6 is 0 Å². The van der Waals surface area contributed by atoms with E-state index in [0.29, 0.717) is 12.8 Å². The van der Waals surface area contributed by atoms with Crippen molar-refractivity contribution in [3.05, 3.63) is 29.6 Å². The number of hydrogen-bond acceptors (Lipinski definition) is 2. The SMILES string of the molecule is CCC(C)(Cc1ncccc1C)C(=O)O. The first-order valence-corrected chi connectivity index (χ1v) is 5.13. The molecule has 0 saturated heterocycles. The smallest absolute Gasteiger partial charge is 0.309 e. The normalized spacial score (nSPS) is 14.6. The van der Waals surface area contributed by atoms with Crippen LogP contribution in [0.25, 0.3) is 0 Å². The molecule has 0 spiro atoms. The van der Waals surface area contributed by atoms with E-state index in [1.165, 1.54) is 0 Å². The lowest BCUT2D eigenvalue weighted by atomic mass is 9.82. The van der Waals surface area contributed by atoms with E-state index in [0.717, 1.165) is 11.3 Å². The third-order valence-corrected chi connectivity index (χ3v) is 2.97. The van der Waals surface area contributed by atoms with Gasteiger partial charge in [0.1, 0.15) is 0 Å². The van der Waals surface area contributed by atoms with E-state index in [2.05, 4.69) is 4.98 Å². The Morgan fingerprint density at radius 1 is 1.60 bits per heavy atom. The number of carboxylic acid groups (broad SMARTS) is 1. The van der Waals surface area contributed by atoms with Gasteiger partial charge in [0.2, 0.25) is 0 Å². The lowest BCUT2D eigenvalue weighted by Gasteiger charge is -2.23. The Bertz CT molecular complexity index is 362. The van der Waals surface area contributed by atoms with E-state index in [1.54, 1.807) is 13.1 Å². The Labute approximate surface area is 90.2 Å². The quantitative estimate of drug-likeness (QED) is 0.825. The van der Waals surface area contributed by atoms with Crippen molar-refractivity contribution >= 4 is 5.97 Å². The van der Waals surface area contributed by atoms with Crippen molar-refractivity contribution in [3.8, 4) is 0 Å². The molecule has 82 valence electrons. The summed E-state index contributed by atoms with van der Waals surface area (Å²) in [6.07, 6.45) is 2.81. The molecule has 1 aromatic rings. The number of hydrogen-bond donors (Lipinski definition) is 1. The zero-order valence-corrected chi connectivity index (χ0v) is 9.45. The summed E-state index contributed by atoms with van der Waals surface area (Å²) in [5.41, 5.74) is 1.22. The van der Waals surface area contributed by atoms with Gasteiger partial charge in [-0.3, -0.25) is 9.78 Å². The van der Waals surface area contributed by atoms with Gasteiger partial charge >= 0.3 is 5.97 Å². The first-order valence-electron chi connectivity index (χ1n) is 5.13. The van der Waals surface area contributed by atoms with Gasteiger partial charge in [-0.25, -0.2) is 0 Å². The van der Waals surface area contributed by atoms with Crippen LogP contribution in [0.2, 0.25) is 0 Å². The zero-order valence-electron chi connectivity index (χ0n) is 9.45. The molecule has 0 amide bonds. The summed E-state index contributed by atoms with van der Waals surface area (Å²) in [5, 5.41) is 9.16. The van der Waals surface area contributed by atoms with Gasteiger partial charge in [0, 0.05) is 18.3 Å². The van der Waals surface area contributed by atoms with Crippen LogP contribution < -0.4 is 0 Å². The van der Waals surface area contributed by atoms with Crippen molar-refractivity contribution in [2.24, 2.45) is 5.41 Å². The minimum atomic E-state index is -0.755. The maximum Gasteiger partial charge on any atom is 0.309 e. The Morgan fingerprint density at radius 3 is 2.73 bits per heavy atom. The largest absolute Gasteiger partial charge is 0.481 e. The topological polar surface area (TPSA) is 50.2 Å². The fourth-order valence-corrected chi connectivity index (χ4v) is 1.42. The van der Waals surface area contributed by atoms with Crippen LogP contribution in [0, 0.1) is 12.3 Å². The molecule has 3 nitrogen and oxygen atoms in total. The van der Waals surface area contributed by atoms with Gasteiger partial charge in [-0.05, 0) is 31.9 Å². The van der Waals surface area contributed by atoms with Crippen molar-refractivity contribution < 1.29 is 9.90 Å². The molecule has 0 aromatic carbocycles. The molecule has 0 aliphatic heterocycles. The van der Waals surface area contributed by atoms with E-state index < -0.39 is 11.4 Å². The fourth-order valence-electron chi connectivity index (χ4n) is 1.42. The summed E-state index contributed by atoms with van der Waals surface area (Å²) in [6.45, 7) is 5.62. The Morgan fingerprint density at radius 2 is 2.27 bits per heavy atom. The van der Waals surface area contributed by atoms with Crippen molar-refractivity contribution in [1.29, 1.82) is 0 Å². The van der Waals surface area contributed by atoms with Gasteiger partial charge < -0.3 is 5.11 Å². The number of rotatable bonds is 4. The minimum absolute atomic E-state index is 0.492. The highest BCUT2D eigenvalue weighted by Gasteiger charge is 2.32. The highest BCUT2D eigenvalue weighted by atomic mass is 16.4. The van der Waals surface area contributed by atoms with Crippen LogP contribution in [0.5, 0.6) is 0 Å². The van der Waals surface area contributed by atoms with Crippen LogP contribution in [0.15, 0.2) is 18.3 Å². The minimum Gasteiger partial charge on any atom is -0.481 e. The molecule has 0 aliphatic carbocycles. The maximum atomic E-state index is 11.1. The van der Waals surface area contributed by atoms with Crippen molar-refractivity contribution in [2.45, 2.75) is 33.6 Å². The van der Waals surface area contributed by atoms with Gasteiger partial charge in [-0.1, -0.05) is 13.0 Å². The number of pyridine rings is 1. The zero-order chi connectivity index (χ0) is 11.5. The predicted octanol–water partition coefficient (Wildman–Crippen LogP) is 2.43. The van der Waals surface area contributed by atoms with Crippen molar-refractivity contribution in [2.75, 3.05) is 0 Å². The lowest BCUT2D eigenvalue weighted by Crippen LogP contribution is -2.29. The van der Waals surface area contributed by atoms with E-state index in [-0.39, 0.29) is 0 Å². The van der Waals surface area contributed by atoms with Crippen LogP contribution in [0.1, 0.15) is 31.5 Å². The monoisotopic (exact) mass is 207 g/mol. The summed E-state index contributed by atoms with van der Waals surface area (Å²) in [6, 6.07) is 3.82. The average Bonchev–Trinajstić information content (AvgIpc) is 2.21. The second kappa shape index (κ2) is 4.43. The summed E-state index contributed by atoms with van der Waals surface area (Å²) in [5.74, 6) is -0.755. The summed E-state index contributed by atoms with van der Waals surface area (Å²) < 4.78 is 0. The predicted molar refractivity (Wildman–Crippen MR) is 58.7 cm³/mol. The fraction of sp³-hybridized carbons (Fsp3) is 0.500. The van der Waals surface area contributed by atoms with Crippen LogP contribution in [-0.4, -0.2) is 16.1 Å². The maximum absolute atomic E-state index is 11.1. The molecule has 1 rings (SSSR count). The molecule has 0 bridgehead atoms. The molecule has 1 unspecified atom stereocenters. The molecule has 1 N–H and O–H groups in total. The number of nitrogens with zero attached hydrogens (tertiary/aromatic N) is 1. The molecule has 0 aliphatic rings. The third kappa shape index (κ3) is 2.55. The standard InChI is InChI=1S/C12H17NO2/c1-4-12(3,11(14)15)8-10-9(2)6-5-7-13-10/h5-7H,4,8H2,1-3H3,(H,14,15). The van der Waals surface area contributed by atoms with E-state index in [9.17, 15) is 4.79 Å². The van der Waals surface area contributed by atoms with Gasteiger partial charge in [0.25, 0.3) is 0 Å². The second-order valence-corrected chi connectivity index (χ2v) is 4.16. The van der Waals surface area contributed by atoms with Crippen LogP contribution in [-0.2, 0) is 11.2 Å². The molecule has 15 heavy (non-hydrogen) atoms. The van der Waals surface area contributed by atoms with Gasteiger partial charge in [-0.2, -0.15) is 0 Å². The molecular weight excluding hydrogens is 190 g/mol. The third-order valence-electron chi connectivity index (χ3n) is 2.97. The number of aliphatic carboxylic acids is 1. The Hall–Kier alpha value is -1.38. The number of aromatic nitrogens is 1. The van der Waals surface area contributed by atoms with E-state index >= 15 is 0 Å². The highest BCUT2D eigenvalue weighted by Crippen LogP contribution is 2.27. The molecule has 1 aromatic heterocycles. The van der Waals surface area contributed by atoms with Crippen molar-refractivity contribution in [1.82, 2.24) is 4.98 Å². The van der Waals surface area contributed by atoms with Gasteiger partial charge in [0.15, 0.2) is 0 Å². The van der Waals surface area contributed by atoms with Gasteiger partial charge in [-0.15, -0.1) is 0 Å². The van der Waals surface area contributed by atoms with E-state index in [1.807, 2.05) is 26.0 Å². The first-order chi connectivity index (χ1) is 6.99. The molecule has 0 radical (unpaired) electrons. The number of carboxylic acids is 1. The van der Waals surface area contributed by atoms with Crippen molar-refractivity contribution in [3.63, 3.8) is 0 Å². The van der Waals surface area contributed by atoms with Crippen LogP contribution in [0.3, 0.4) is 0 Å². The molecular formula is C12H17NO2. The molecule has 3 heteroatoms. The molecule has 1 heterocycles. The Balaban J connectivity index is 2.94. The lowest BCUT2D eigenvalue weighted by molar-refractivity contribution is -0.148. The second-order valence-electron chi connectivity index (χ2n) is 4.16. The highest BCUT2D eigenvalue weighted by molar-refractivity contribution is 5.74.